The first-order valence-corrected chi connectivity index (χ1v) is 12.3. The van der Waals surface area contributed by atoms with Crippen molar-refractivity contribution >= 4 is 43.6 Å². The van der Waals surface area contributed by atoms with Gasteiger partial charge in [-0.25, -0.2) is 24.1 Å². The van der Waals surface area contributed by atoms with Crippen molar-refractivity contribution in [2.45, 2.75) is 39.2 Å². The Hall–Kier alpha value is -2.18. The predicted molar refractivity (Wildman–Crippen MR) is 128 cm³/mol. The van der Waals surface area contributed by atoms with Crippen LogP contribution in [0, 0.1) is 22.9 Å². The minimum Gasteiger partial charge on any atom is -0.248 e. The van der Waals surface area contributed by atoms with E-state index in [4.69, 9.17) is 33.7 Å². The third-order valence-electron chi connectivity index (χ3n) is 3.79. The van der Waals surface area contributed by atoms with Gasteiger partial charge in [-0.05, 0) is 43.3 Å². The molecule has 31 heavy (non-hydrogen) atoms. The van der Waals surface area contributed by atoms with Crippen LogP contribution in [-0.2, 0) is 20.4 Å². The molecule has 0 bridgehead atoms. The maximum absolute atomic E-state index is 11.9. The molecule has 2 aromatic heterocycles. The van der Waals surface area contributed by atoms with Crippen LogP contribution in [0.4, 0.5) is 0 Å². The van der Waals surface area contributed by atoms with Crippen molar-refractivity contribution in [1.29, 1.82) is 10.5 Å². The van der Waals surface area contributed by atoms with Crippen molar-refractivity contribution in [2.24, 2.45) is 8.73 Å². The summed E-state index contributed by atoms with van der Waals surface area (Å²) in [6.45, 7) is 3.69. The first-order valence-electron chi connectivity index (χ1n) is 7.91. The molecule has 4 unspecified atom stereocenters. The van der Waals surface area contributed by atoms with Crippen LogP contribution < -0.4 is 0 Å². The second kappa shape index (κ2) is 14.8. The van der Waals surface area contributed by atoms with Gasteiger partial charge in [-0.15, -0.1) is 4.36 Å². The van der Waals surface area contributed by atoms with Crippen LogP contribution in [0.2, 0.25) is 10.6 Å². The summed E-state index contributed by atoms with van der Waals surface area (Å²) in [6, 6.07) is 0. The van der Waals surface area contributed by atoms with Crippen LogP contribution in [-0.4, -0.2) is 36.7 Å². The van der Waals surface area contributed by atoms with Crippen molar-refractivity contribution in [3.63, 3.8) is 0 Å². The fourth-order valence-electron chi connectivity index (χ4n) is 1.82. The molecule has 170 valence electrons. The van der Waals surface area contributed by atoms with E-state index in [-0.39, 0.29) is 41.4 Å². The molecule has 0 saturated carbocycles. The zero-order valence-corrected chi connectivity index (χ0v) is 19.2. The molecule has 0 radical (unpaired) electrons. The molecule has 0 aliphatic carbocycles. The van der Waals surface area contributed by atoms with Gasteiger partial charge in [0, 0.05) is 47.4 Å². The second-order valence-electron chi connectivity index (χ2n) is 5.62. The standard InChI is InChI=1S/C8H9ClN4OS.C8H9ClN4S.2CH4/c1-6(15(2,14)13-5-10)7-3-11-8(9)12-4-7;1-6(14(2)13-5-10)7-3-11-8(9)12-4-7;;/h3-4,6H,1-2H3;3-4,6H,1-2H3;2*1H4. The monoisotopic (exact) mass is 504 g/mol. The molecular formula is C18H26Cl2N8OS2. The van der Waals surface area contributed by atoms with Crippen LogP contribution in [0.1, 0.15) is 50.3 Å². The van der Waals surface area contributed by atoms with E-state index in [1.807, 2.05) is 13.2 Å². The third-order valence-corrected chi connectivity index (χ3v) is 7.88. The van der Waals surface area contributed by atoms with Crippen molar-refractivity contribution in [3.05, 3.63) is 46.5 Å². The molecule has 13 heteroatoms. The topological polar surface area (TPSA) is 141 Å². The zero-order valence-electron chi connectivity index (χ0n) is 16.0. The zero-order chi connectivity index (χ0) is 22.0. The highest BCUT2D eigenvalue weighted by Crippen LogP contribution is 2.21. The summed E-state index contributed by atoms with van der Waals surface area (Å²) in [5.74, 6) is 0. The van der Waals surface area contributed by atoms with Crippen LogP contribution in [0.3, 0.4) is 0 Å². The molecule has 2 heterocycles. The van der Waals surface area contributed by atoms with Gasteiger partial charge in [0.1, 0.15) is 0 Å². The van der Waals surface area contributed by atoms with Crippen LogP contribution in [0.5, 0.6) is 0 Å². The Balaban J connectivity index is 0. The van der Waals surface area contributed by atoms with Gasteiger partial charge in [-0.1, -0.05) is 25.5 Å². The molecule has 0 aliphatic rings. The smallest absolute Gasteiger partial charge is 0.222 e. The maximum Gasteiger partial charge on any atom is 0.222 e. The van der Waals surface area contributed by atoms with E-state index in [0.29, 0.717) is 5.56 Å². The number of nitrogens with zero attached hydrogens (tertiary/aromatic N) is 8. The van der Waals surface area contributed by atoms with Gasteiger partial charge in [-0.3, -0.25) is 0 Å². The molecule has 4 atom stereocenters. The number of aromatic nitrogens is 4. The third kappa shape index (κ3) is 10.1. The van der Waals surface area contributed by atoms with Crippen molar-refractivity contribution in [2.75, 3.05) is 12.5 Å². The lowest BCUT2D eigenvalue weighted by molar-refractivity contribution is 0.673. The average Bonchev–Trinajstić information content (AvgIpc) is 2.69. The molecule has 2 rings (SSSR count). The molecule has 0 spiro atoms. The molecular weight excluding hydrogens is 479 g/mol. The van der Waals surface area contributed by atoms with Gasteiger partial charge in [0.05, 0.1) is 15.0 Å². The number of halogens is 2. The van der Waals surface area contributed by atoms with Crippen molar-refractivity contribution < 1.29 is 4.21 Å². The minimum atomic E-state index is -2.59. The van der Waals surface area contributed by atoms with Crippen LogP contribution >= 0.6 is 23.2 Å². The molecule has 0 aliphatic heterocycles. The number of nitriles is 2. The van der Waals surface area contributed by atoms with Gasteiger partial charge in [0.15, 0.2) is 0 Å². The predicted octanol–water partition coefficient (Wildman–Crippen LogP) is 5.15. The Labute approximate surface area is 197 Å². The normalized spacial score (nSPS) is 14.5. The summed E-state index contributed by atoms with van der Waals surface area (Å²) < 4.78 is 19.1. The van der Waals surface area contributed by atoms with Gasteiger partial charge in [0.25, 0.3) is 0 Å². The highest BCUT2D eigenvalue weighted by atomic mass is 35.5. The molecule has 0 saturated heterocycles. The fraction of sp³-hybridized carbons (Fsp3) is 0.444. The molecule has 0 aromatic carbocycles. The molecule has 2 aromatic rings. The first kappa shape index (κ1) is 31.0. The molecule has 0 fully saturated rings. The maximum atomic E-state index is 11.9. The summed E-state index contributed by atoms with van der Waals surface area (Å²) in [7, 11) is -2.92. The van der Waals surface area contributed by atoms with E-state index < -0.39 is 15.0 Å². The molecule has 9 nitrogen and oxygen atoms in total. The lowest BCUT2D eigenvalue weighted by atomic mass is 10.3. The lowest BCUT2D eigenvalue weighted by Gasteiger charge is -2.11. The Kier molecular flexibility index (Phi) is 14.8. The quantitative estimate of drug-likeness (QED) is 0.413. The summed E-state index contributed by atoms with van der Waals surface area (Å²) in [5.41, 5.74) is 1.59. The van der Waals surface area contributed by atoms with E-state index >= 15 is 0 Å². The Bertz CT molecular complexity index is 1050. The number of hydrogen-bond donors (Lipinski definition) is 0. The van der Waals surface area contributed by atoms with Crippen LogP contribution in [0.25, 0.3) is 0 Å². The SMILES string of the molecule is C.C.CC(c1cnc(Cl)nc1)S(C)(=O)=NC#N.CC(c1cnc(Cl)nc1)S(C)=NC#N. The highest BCUT2D eigenvalue weighted by molar-refractivity contribution is 7.93. The van der Waals surface area contributed by atoms with Crippen molar-refractivity contribution in [3.8, 4) is 12.4 Å². The Morgan fingerprint density at radius 3 is 1.77 bits per heavy atom. The highest BCUT2D eigenvalue weighted by Gasteiger charge is 2.16. The van der Waals surface area contributed by atoms with Gasteiger partial charge >= 0.3 is 0 Å². The second-order valence-corrected chi connectivity index (χ2v) is 10.8. The van der Waals surface area contributed by atoms with E-state index in [0.717, 1.165) is 5.56 Å². The van der Waals surface area contributed by atoms with Crippen molar-refractivity contribution in [1.82, 2.24) is 19.9 Å². The summed E-state index contributed by atoms with van der Waals surface area (Å²) in [6.07, 6.45) is 13.0. The van der Waals surface area contributed by atoms with Gasteiger partial charge < -0.3 is 0 Å². The van der Waals surface area contributed by atoms with E-state index in [1.165, 1.54) is 18.6 Å². The van der Waals surface area contributed by atoms with Crippen LogP contribution in [0.15, 0.2) is 33.5 Å². The number of rotatable bonds is 4. The Morgan fingerprint density at radius 1 is 0.968 bits per heavy atom. The van der Waals surface area contributed by atoms with E-state index in [1.54, 1.807) is 31.7 Å². The fourth-order valence-corrected chi connectivity index (χ4v) is 3.76. The summed E-state index contributed by atoms with van der Waals surface area (Å²) in [4.78, 5) is 15.3. The van der Waals surface area contributed by atoms with E-state index in [9.17, 15) is 4.21 Å². The average molecular weight is 506 g/mol. The number of hydrogen-bond acceptors (Lipinski definition) is 9. The van der Waals surface area contributed by atoms with Gasteiger partial charge in [-0.2, -0.15) is 14.9 Å². The summed E-state index contributed by atoms with van der Waals surface area (Å²) >= 11 is 11.1. The largest absolute Gasteiger partial charge is 0.248 e. The summed E-state index contributed by atoms with van der Waals surface area (Å²) in [5, 5.41) is 16.9. The molecule has 0 amide bonds. The van der Waals surface area contributed by atoms with Gasteiger partial charge in [0.2, 0.25) is 23.0 Å². The molecule has 0 N–H and O–H groups in total. The lowest BCUT2D eigenvalue weighted by Crippen LogP contribution is -2.08. The van der Waals surface area contributed by atoms with E-state index in [2.05, 4.69) is 28.7 Å². The first-order chi connectivity index (χ1) is 13.6. The minimum absolute atomic E-state index is 0. The Morgan fingerprint density at radius 2 is 1.39 bits per heavy atom.